The second-order valence-electron chi connectivity index (χ2n) is 8.72. The van der Waals surface area contributed by atoms with Crippen LogP contribution in [0.15, 0.2) is 66.7 Å². The lowest BCUT2D eigenvalue weighted by Crippen LogP contribution is -2.13. The predicted molar refractivity (Wildman–Crippen MR) is 136 cm³/mol. The van der Waals surface area contributed by atoms with Gasteiger partial charge in [-0.25, -0.2) is 0 Å². The maximum absolute atomic E-state index is 10.4. The molecule has 0 radical (unpaired) electrons. The summed E-state index contributed by atoms with van der Waals surface area (Å²) in [6, 6.07) is 19.7. The lowest BCUT2D eigenvalue weighted by atomic mass is 10.0. The third-order valence-corrected chi connectivity index (χ3v) is 6.15. The van der Waals surface area contributed by atoms with Crippen molar-refractivity contribution in [1.82, 2.24) is 0 Å². The second-order valence-corrected chi connectivity index (χ2v) is 8.72. The van der Waals surface area contributed by atoms with Crippen LogP contribution in [0.1, 0.15) is 27.8 Å². The Bertz CT molecular complexity index is 1320. The van der Waals surface area contributed by atoms with Crippen molar-refractivity contribution in [3.05, 3.63) is 94.5 Å². The lowest BCUT2D eigenvalue weighted by Gasteiger charge is -2.30. The number of aryl methyl sites for hydroxylation is 3. The zero-order valence-corrected chi connectivity index (χ0v) is 20.0. The van der Waals surface area contributed by atoms with Gasteiger partial charge in [0.25, 0.3) is 0 Å². The number of hydrogen-bond acceptors (Lipinski definition) is 5. The monoisotopic (exact) mass is 455 g/mol. The standard InChI is InChI=1S/C29H29NO4/c1-17-9-10-29(28(33)11-17)34-25-8-6-7-22(14-25)30(26-15-23(31)12-18(2)20(26)4)27-16-24(32)13-19(3)21(27)5/h6-16,31-33H,1-5H3. The van der Waals surface area contributed by atoms with Crippen molar-refractivity contribution in [3.8, 4) is 28.7 Å². The highest BCUT2D eigenvalue weighted by Crippen LogP contribution is 2.44. The fourth-order valence-electron chi connectivity index (χ4n) is 4.04. The van der Waals surface area contributed by atoms with E-state index in [-0.39, 0.29) is 17.2 Å². The van der Waals surface area contributed by atoms with Gasteiger partial charge in [-0.15, -0.1) is 0 Å². The van der Waals surface area contributed by atoms with E-state index in [1.165, 1.54) is 0 Å². The van der Waals surface area contributed by atoms with Crippen molar-refractivity contribution in [2.45, 2.75) is 34.6 Å². The third-order valence-electron chi connectivity index (χ3n) is 6.15. The summed E-state index contributed by atoms with van der Waals surface area (Å²) < 4.78 is 6.01. The summed E-state index contributed by atoms with van der Waals surface area (Å²) in [4.78, 5) is 2.01. The first-order chi connectivity index (χ1) is 16.1. The first-order valence-electron chi connectivity index (χ1n) is 11.1. The number of nitrogens with zero attached hydrogens (tertiary/aromatic N) is 1. The molecule has 0 bridgehead atoms. The number of anilines is 3. The Morgan fingerprint density at radius 3 is 1.79 bits per heavy atom. The van der Waals surface area contributed by atoms with E-state index >= 15 is 0 Å². The fourth-order valence-corrected chi connectivity index (χ4v) is 4.04. The normalized spacial score (nSPS) is 10.9. The molecule has 0 saturated heterocycles. The van der Waals surface area contributed by atoms with E-state index in [2.05, 4.69) is 0 Å². The molecule has 0 aliphatic rings. The molecular weight excluding hydrogens is 426 g/mol. The van der Waals surface area contributed by atoms with Gasteiger partial charge in [-0.1, -0.05) is 12.1 Å². The van der Waals surface area contributed by atoms with E-state index < -0.39 is 0 Å². The summed E-state index contributed by atoms with van der Waals surface area (Å²) in [6.07, 6.45) is 0. The minimum absolute atomic E-state index is 0.0705. The van der Waals surface area contributed by atoms with Crippen molar-refractivity contribution in [2.24, 2.45) is 0 Å². The highest BCUT2D eigenvalue weighted by molar-refractivity contribution is 5.83. The van der Waals surface area contributed by atoms with Gasteiger partial charge >= 0.3 is 0 Å². The Labute approximate surface area is 200 Å². The van der Waals surface area contributed by atoms with E-state index in [4.69, 9.17) is 4.74 Å². The summed E-state index contributed by atoms with van der Waals surface area (Å²) in [5, 5.41) is 31.1. The Kier molecular flexibility index (Phi) is 6.12. The Morgan fingerprint density at radius 1 is 0.647 bits per heavy atom. The average molecular weight is 456 g/mol. The minimum atomic E-state index is 0.0705. The van der Waals surface area contributed by atoms with Gasteiger partial charge in [0.2, 0.25) is 0 Å². The molecule has 34 heavy (non-hydrogen) atoms. The number of rotatable bonds is 5. The molecule has 0 aliphatic heterocycles. The van der Waals surface area contributed by atoms with Gasteiger partial charge in [0.05, 0.1) is 11.4 Å². The van der Waals surface area contributed by atoms with Crippen LogP contribution >= 0.6 is 0 Å². The fraction of sp³-hybridized carbons (Fsp3) is 0.172. The molecular formula is C29H29NO4. The first-order valence-corrected chi connectivity index (χ1v) is 11.1. The number of phenolic OH excluding ortho intramolecular Hbond substituents is 3. The molecule has 0 unspecified atom stereocenters. The van der Waals surface area contributed by atoms with Gasteiger partial charge in [-0.2, -0.15) is 0 Å². The van der Waals surface area contributed by atoms with E-state index in [0.29, 0.717) is 11.5 Å². The van der Waals surface area contributed by atoms with Crippen molar-refractivity contribution in [1.29, 1.82) is 0 Å². The molecule has 0 heterocycles. The topological polar surface area (TPSA) is 73.2 Å². The molecule has 5 heteroatoms. The van der Waals surface area contributed by atoms with Crippen LogP contribution in [-0.2, 0) is 0 Å². The minimum Gasteiger partial charge on any atom is -0.508 e. The van der Waals surface area contributed by atoms with Crippen LogP contribution in [-0.4, -0.2) is 15.3 Å². The number of hydrogen-bond donors (Lipinski definition) is 3. The molecule has 4 rings (SSSR count). The van der Waals surface area contributed by atoms with E-state index in [9.17, 15) is 15.3 Å². The highest BCUT2D eigenvalue weighted by Gasteiger charge is 2.21. The first kappa shape index (κ1) is 23.1. The molecule has 0 saturated carbocycles. The van der Waals surface area contributed by atoms with Gasteiger partial charge < -0.3 is 25.0 Å². The molecule has 174 valence electrons. The van der Waals surface area contributed by atoms with Crippen LogP contribution in [0.5, 0.6) is 28.7 Å². The van der Waals surface area contributed by atoms with Crippen molar-refractivity contribution < 1.29 is 20.1 Å². The average Bonchev–Trinajstić information content (AvgIpc) is 2.77. The smallest absolute Gasteiger partial charge is 0.169 e. The molecule has 0 amide bonds. The van der Waals surface area contributed by atoms with Crippen LogP contribution in [0.25, 0.3) is 0 Å². The van der Waals surface area contributed by atoms with Gasteiger partial charge in [0.15, 0.2) is 11.5 Å². The number of phenols is 3. The SMILES string of the molecule is Cc1ccc(Oc2cccc(N(c3cc(O)cc(C)c3C)c3cc(O)cc(C)c3C)c2)c(O)c1. The number of aromatic hydroxyl groups is 3. The molecule has 5 nitrogen and oxygen atoms in total. The third kappa shape index (κ3) is 4.50. The zero-order valence-electron chi connectivity index (χ0n) is 20.0. The van der Waals surface area contributed by atoms with E-state index in [1.54, 1.807) is 36.4 Å². The number of ether oxygens (including phenoxy) is 1. The van der Waals surface area contributed by atoms with Gasteiger partial charge in [-0.3, -0.25) is 0 Å². The largest absolute Gasteiger partial charge is 0.508 e. The molecule has 0 aromatic heterocycles. The van der Waals surface area contributed by atoms with Crippen LogP contribution in [0.2, 0.25) is 0 Å². The second kappa shape index (κ2) is 9.02. The number of benzene rings is 4. The van der Waals surface area contributed by atoms with E-state index in [1.807, 2.05) is 69.9 Å². The Balaban J connectivity index is 1.89. The zero-order chi connectivity index (χ0) is 24.6. The van der Waals surface area contributed by atoms with Crippen LogP contribution < -0.4 is 9.64 Å². The van der Waals surface area contributed by atoms with Gasteiger partial charge in [0, 0.05) is 23.9 Å². The van der Waals surface area contributed by atoms with Gasteiger partial charge in [-0.05, 0) is 98.8 Å². The van der Waals surface area contributed by atoms with Crippen molar-refractivity contribution in [2.75, 3.05) is 4.90 Å². The molecule has 4 aromatic rings. The summed E-state index contributed by atoms with van der Waals surface area (Å²) in [7, 11) is 0. The summed E-state index contributed by atoms with van der Waals surface area (Å²) in [5.41, 5.74) is 7.21. The molecule has 0 atom stereocenters. The maximum Gasteiger partial charge on any atom is 0.169 e. The maximum atomic E-state index is 10.4. The summed E-state index contributed by atoms with van der Waals surface area (Å²) >= 11 is 0. The molecule has 0 fully saturated rings. The Hall–Kier alpha value is -4.12. The van der Waals surface area contributed by atoms with Crippen LogP contribution in [0.4, 0.5) is 17.1 Å². The van der Waals surface area contributed by atoms with Crippen molar-refractivity contribution >= 4 is 17.1 Å². The molecule has 0 spiro atoms. The van der Waals surface area contributed by atoms with Gasteiger partial charge in [0.1, 0.15) is 17.2 Å². The predicted octanol–water partition coefficient (Wildman–Crippen LogP) is 7.61. The molecule has 0 aliphatic carbocycles. The molecule has 3 N–H and O–H groups in total. The highest BCUT2D eigenvalue weighted by atomic mass is 16.5. The summed E-state index contributed by atoms with van der Waals surface area (Å²) in [6.45, 7) is 9.83. The quantitative estimate of drug-likeness (QED) is 0.289. The lowest BCUT2D eigenvalue weighted by molar-refractivity contribution is 0.411. The molecule has 4 aromatic carbocycles. The summed E-state index contributed by atoms with van der Waals surface area (Å²) in [5.74, 6) is 1.30. The van der Waals surface area contributed by atoms with E-state index in [0.717, 1.165) is 44.9 Å². The van der Waals surface area contributed by atoms with Crippen LogP contribution in [0.3, 0.4) is 0 Å². The van der Waals surface area contributed by atoms with Crippen molar-refractivity contribution in [3.63, 3.8) is 0 Å². The Morgan fingerprint density at radius 2 is 1.24 bits per heavy atom. The van der Waals surface area contributed by atoms with Crippen LogP contribution in [0, 0.1) is 34.6 Å².